The predicted octanol–water partition coefficient (Wildman–Crippen LogP) is 0.662. The van der Waals surface area contributed by atoms with Crippen LogP contribution in [0.25, 0.3) is 11.3 Å². The molecule has 2 amide bonds. The third-order valence-electron chi connectivity index (χ3n) is 5.80. The topological polar surface area (TPSA) is 204 Å². The number of benzene rings is 1. The van der Waals surface area contributed by atoms with Gasteiger partial charge in [0.25, 0.3) is 5.91 Å². The average molecular weight is 546 g/mol. The second-order valence-corrected chi connectivity index (χ2v) is 9.60. The molecule has 1 aromatic carbocycles. The lowest BCUT2D eigenvalue weighted by Gasteiger charge is -2.18. The van der Waals surface area contributed by atoms with Crippen LogP contribution in [0.4, 0.5) is 21.6 Å². The molecule has 1 aliphatic rings. The number of rotatable bonds is 9. The molecule has 1 fully saturated rings. The first-order chi connectivity index (χ1) is 18.2. The number of methoxy groups -OCH3 is 1. The molecular weight excluding hydrogens is 517 g/mol. The van der Waals surface area contributed by atoms with Gasteiger partial charge in [-0.3, -0.25) is 19.6 Å². The highest BCUT2D eigenvalue weighted by Gasteiger charge is 2.31. The van der Waals surface area contributed by atoms with Crippen LogP contribution in [0.15, 0.2) is 24.3 Å². The molecule has 1 aliphatic carbocycles. The summed E-state index contributed by atoms with van der Waals surface area (Å²) in [5.74, 6) is -2.36. The zero-order valence-electron chi connectivity index (χ0n) is 21.5. The van der Waals surface area contributed by atoms with Crippen LogP contribution in [-0.4, -0.2) is 65.4 Å². The van der Waals surface area contributed by atoms with E-state index in [-0.39, 0.29) is 46.0 Å². The van der Waals surface area contributed by atoms with E-state index in [4.69, 9.17) is 4.74 Å². The third kappa shape index (κ3) is 6.46. The number of nitrogens with one attached hydrogen (secondary N) is 3. The van der Waals surface area contributed by atoms with Gasteiger partial charge in [0.15, 0.2) is 17.3 Å². The average Bonchev–Trinajstić information content (AvgIpc) is 3.58. The summed E-state index contributed by atoms with van der Waals surface area (Å²) >= 11 is 0. The van der Waals surface area contributed by atoms with Gasteiger partial charge in [0.2, 0.25) is 5.91 Å². The van der Waals surface area contributed by atoms with Crippen molar-refractivity contribution in [2.45, 2.75) is 38.4 Å². The van der Waals surface area contributed by atoms with E-state index in [2.05, 4.69) is 25.9 Å². The Morgan fingerprint density at radius 2 is 1.77 bits per heavy atom. The summed E-state index contributed by atoms with van der Waals surface area (Å²) in [5, 5.41) is 56.8. The Morgan fingerprint density at radius 1 is 1.08 bits per heavy atom. The maximum atomic E-state index is 14.9. The third-order valence-corrected chi connectivity index (χ3v) is 5.80. The first-order valence-corrected chi connectivity index (χ1v) is 11.8. The van der Waals surface area contributed by atoms with Crippen molar-refractivity contribution >= 4 is 29.0 Å². The zero-order valence-corrected chi connectivity index (χ0v) is 21.5. The summed E-state index contributed by atoms with van der Waals surface area (Å²) in [5.41, 5.74) is -0.971. The number of hydrogen-bond donors (Lipinski definition) is 7. The van der Waals surface area contributed by atoms with Gasteiger partial charge in [-0.1, -0.05) is 0 Å². The van der Waals surface area contributed by atoms with Gasteiger partial charge >= 0.3 is 6.10 Å². The van der Waals surface area contributed by atoms with E-state index in [9.17, 15) is 34.4 Å². The molecule has 0 unspecified atom stereocenters. The highest BCUT2D eigenvalue weighted by molar-refractivity contribution is 6.00. The minimum Gasteiger partial charge on any atom is -0.494 e. The first kappa shape index (κ1) is 27.8. The Labute approximate surface area is 221 Å². The largest absolute Gasteiger partial charge is 0.494 e. The fourth-order valence-corrected chi connectivity index (χ4v) is 3.91. The van der Waals surface area contributed by atoms with Gasteiger partial charge in [0.05, 0.1) is 29.9 Å². The van der Waals surface area contributed by atoms with Gasteiger partial charge in [-0.05, 0) is 38.8 Å². The van der Waals surface area contributed by atoms with Gasteiger partial charge in [-0.2, -0.15) is 5.10 Å². The molecule has 14 nitrogen and oxygen atoms in total. The van der Waals surface area contributed by atoms with Crippen molar-refractivity contribution in [1.82, 2.24) is 25.3 Å². The Kier molecular flexibility index (Phi) is 7.27. The zero-order chi connectivity index (χ0) is 28.7. The SMILES string of the molecule is COc1c(Nc2cc(NC(=O)C3CC3)nnc2C(=O)NC(O)(O)O)cc(F)cc1-c1cc(C(C)(C)O)n(C)n1. The standard InChI is InChI=1S/C24H28FN7O7/c1-23(2,35)17-9-14(31-32(17)3)13-7-12(25)8-16(20(13)39-4)26-15-10-18(27-21(33)11-5-6-11)29-30-19(15)22(34)28-24(36,37)38/h7-11,35-38H,5-6H2,1-4H3,(H,28,34)(H2,26,27,29,33). The van der Waals surface area contributed by atoms with Gasteiger partial charge in [0.1, 0.15) is 11.4 Å². The van der Waals surface area contributed by atoms with Crippen LogP contribution in [-0.2, 0) is 17.4 Å². The predicted molar refractivity (Wildman–Crippen MR) is 134 cm³/mol. The minimum atomic E-state index is -3.56. The van der Waals surface area contributed by atoms with Crippen molar-refractivity contribution < 1.29 is 39.1 Å². The Hall–Kier alpha value is -4.18. The number of aromatic nitrogens is 4. The van der Waals surface area contributed by atoms with Crippen molar-refractivity contribution in [3.63, 3.8) is 0 Å². The molecule has 15 heteroatoms. The number of aliphatic hydroxyl groups is 4. The molecule has 0 bridgehead atoms. The number of carbonyl (C=O) groups excluding carboxylic acids is 2. The normalized spacial score (nSPS) is 13.7. The summed E-state index contributed by atoms with van der Waals surface area (Å²) in [6.45, 7) is 3.15. The van der Waals surface area contributed by atoms with Crippen molar-refractivity contribution in [2.24, 2.45) is 13.0 Å². The van der Waals surface area contributed by atoms with Crippen molar-refractivity contribution in [3.8, 4) is 17.0 Å². The molecule has 208 valence electrons. The Bertz CT molecular complexity index is 1430. The van der Waals surface area contributed by atoms with Crippen LogP contribution >= 0.6 is 0 Å². The maximum Gasteiger partial charge on any atom is 0.369 e. The second kappa shape index (κ2) is 10.2. The van der Waals surface area contributed by atoms with Gasteiger partial charge in [0, 0.05) is 30.7 Å². The number of carbonyl (C=O) groups is 2. The number of ether oxygens (including phenoxy) is 1. The van der Waals surface area contributed by atoms with E-state index < -0.39 is 29.1 Å². The molecule has 7 N–H and O–H groups in total. The van der Waals surface area contributed by atoms with Crippen molar-refractivity contribution in [3.05, 3.63) is 41.5 Å². The lowest BCUT2D eigenvalue weighted by Crippen LogP contribution is -2.48. The van der Waals surface area contributed by atoms with Gasteiger partial charge in [-0.25, -0.2) is 4.39 Å². The molecule has 0 atom stereocenters. The molecule has 0 radical (unpaired) electrons. The van der Waals surface area contributed by atoms with Crippen LogP contribution in [0.1, 0.15) is 42.9 Å². The molecule has 39 heavy (non-hydrogen) atoms. The smallest absolute Gasteiger partial charge is 0.369 e. The molecule has 1 saturated carbocycles. The number of anilines is 3. The van der Waals surface area contributed by atoms with Crippen molar-refractivity contribution in [2.75, 3.05) is 17.7 Å². The molecule has 3 aromatic rings. The lowest BCUT2D eigenvalue weighted by molar-refractivity contribution is -0.323. The number of amides is 2. The molecule has 2 heterocycles. The van der Waals surface area contributed by atoms with Crippen LogP contribution in [0.5, 0.6) is 5.75 Å². The quantitative estimate of drug-likeness (QED) is 0.186. The van der Waals surface area contributed by atoms with E-state index in [1.165, 1.54) is 29.2 Å². The number of aryl methyl sites for hydroxylation is 1. The van der Waals surface area contributed by atoms with E-state index in [1.807, 2.05) is 0 Å². The maximum absolute atomic E-state index is 14.9. The van der Waals surface area contributed by atoms with Crippen molar-refractivity contribution in [1.29, 1.82) is 0 Å². The summed E-state index contributed by atoms with van der Waals surface area (Å²) in [6.07, 6.45) is -2.11. The summed E-state index contributed by atoms with van der Waals surface area (Å²) in [4.78, 5) is 24.8. The molecule has 2 aromatic heterocycles. The fraction of sp³-hybridized carbons (Fsp3) is 0.375. The number of halogens is 1. The molecule has 4 rings (SSSR count). The Balaban J connectivity index is 1.79. The van der Waals surface area contributed by atoms with Crippen LogP contribution in [0.2, 0.25) is 0 Å². The molecular formula is C24H28FN7O7. The lowest BCUT2D eigenvalue weighted by atomic mass is 10.0. The van der Waals surface area contributed by atoms with Gasteiger partial charge in [-0.15, -0.1) is 10.2 Å². The Morgan fingerprint density at radius 3 is 2.33 bits per heavy atom. The number of nitrogens with zero attached hydrogens (tertiary/aromatic N) is 4. The van der Waals surface area contributed by atoms with E-state index in [1.54, 1.807) is 27.0 Å². The summed E-state index contributed by atoms with van der Waals surface area (Å²) in [6, 6.07) is 5.05. The molecule has 0 aliphatic heterocycles. The number of hydrogen-bond acceptors (Lipinski definition) is 11. The van der Waals surface area contributed by atoms with E-state index >= 15 is 0 Å². The van der Waals surface area contributed by atoms with Crippen LogP contribution in [0.3, 0.4) is 0 Å². The fourth-order valence-electron chi connectivity index (χ4n) is 3.91. The highest BCUT2D eigenvalue weighted by Crippen LogP contribution is 2.40. The monoisotopic (exact) mass is 545 g/mol. The van der Waals surface area contributed by atoms with E-state index in [0.29, 0.717) is 5.69 Å². The summed E-state index contributed by atoms with van der Waals surface area (Å²) in [7, 11) is 2.95. The van der Waals surface area contributed by atoms with E-state index in [0.717, 1.165) is 18.9 Å². The van der Waals surface area contributed by atoms with Crippen LogP contribution < -0.4 is 20.7 Å². The van der Waals surface area contributed by atoms with Gasteiger partial charge < -0.3 is 35.8 Å². The first-order valence-electron chi connectivity index (χ1n) is 11.8. The highest BCUT2D eigenvalue weighted by atomic mass is 19.1. The minimum absolute atomic E-state index is 0.00717. The molecule has 0 saturated heterocycles. The molecule has 0 spiro atoms. The van der Waals surface area contributed by atoms with Crippen LogP contribution in [0, 0.1) is 11.7 Å². The summed E-state index contributed by atoms with van der Waals surface area (Å²) < 4.78 is 21.8. The second-order valence-electron chi connectivity index (χ2n) is 9.60.